The van der Waals surface area contributed by atoms with Crippen LogP contribution in [0.15, 0.2) is 24.3 Å². The fraction of sp³-hybridized carbons (Fsp3) is 0.600. The third-order valence-corrected chi connectivity index (χ3v) is 4.30. The fourth-order valence-electron chi connectivity index (χ4n) is 3.05. The van der Waals surface area contributed by atoms with Crippen LogP contribution in [0.1, 0.15) is 37.7 Å². The van der Waals surface area contributed by atoms with E-state index in [0.29, 0.717) is 5.75 Å². The van der Waals surface area contributed by atoms with Crippen LogP contribution in [0.5, 0.6) is 5.75 Å². The minimum atomic E-state index is 0.156. The minimum absolute atomic E-state index is 0.156. The molecule has 0 spiro atoms. The van der Waals surface area contributed by atoms with Crippen LogP contribution in [0.3, 0.4) is 0 Å². The maximum absolute atomic E-state index is 9.51. The second-order valence-corrected chi connectivity index (χ2v) is 5.52. The van der Waals surface area contributed by atoms with E-state index in [0.717, 1.165) is 18.7 Å². The highest BCUT2D eigenvalue weighted by molar-refractivity contribution is 5.27. The molecule has 100 valence electrons. The van der Waals surface area contributed by atoms with E-state index < -0.39 is 0 Å². The molecular formula is C15H24N2O. The third-order valence-electron chi connectivity index (χ3n) is 4.30. The van der Waals surface area contributed by atoms with Crippen LogP contribution in [0.25, 0.3) is 0 Å². The van der Waals surface area contributed by atoms with E-state index in [2.05, 4.69) is 18.0 Å². The van der Waals surface area contributed by atoms with Gasteiger partial charge < -0.3 is 10.8 Å². The number of hydrogen-bond donors (Lipinski definition) is 2. The van der Waals surface area contributed by atoms with E-state index in [1.165, 1.54) is 32.1 Å². The van der Waals surface area contributed by atoms with Crippen molar-refractivity contribution in [2.24, 2.45) is 5.73 Å². The zero-order chi connectivity index (χ0) is 13.0. The minimum Gasteiger partial charge on any atom is -0.508 e. The maximum atomic E-state index is 9.51. The molecule has 1 aliphatic carbocycles. The Morgan fingerprint density at radius 1 is 1.28 bits per heavy atom. The first kappa shape index (κ1) is 13.4. The first-order valence-corrected chi connectivity index (χ1v) is 6.85. The van der Waals surface area contributed by atoms with Crippen LogP contribution in [-0.2, 0) is 6.54 Å². The average molecular weight is 248 g/mol. The molecule has 1 saturated carbocycles. The summed E-state index contributed by atoms with van der Waals surface area (Å²) in [5.74, 6) is 0.339. The van der Waals surface area contributed by atoms with Crippen molar-refractivity contribution in [1.82, 2.24) is 4.90 Å². The van der Waals surface area contributed by atoms with Gasteiger partial charge in [0.25, 0.3) is 0 Å². The molecule has 0 bridgehead atoms. The lowest BCUT2D eigenvalue weighted by Crippen LogP contribution is -2.52. The van der Waals surface area contributed by atoms with Gasteiger partial charge in [0.15, 0.2) is 0 Å². The molecule has 3 heteroatoms. The first-order valence-electron chi connectivity index (χ1n) is 6.85. The number of phenols is 1. The van der Waals surface area contributed by atoms with E-state index in [-0.39, 0.29) is 5.54 Å². The van der Waals surface area contributed by atoms with Crippen molar-refractivity contribution in [2.45, 2.75) is 44.2 Å². The number of benzene rings is 1. The first-order chi connectivity index (χ1) is 8.66. The van der Waals surface area contributed by atoms with Gasteiger partial charge in [0.2, 0.25) is 0 Å². The average Bonchev–Trinajstić information content (AvgIpc) is 2.39. The second kappa shape index (κ2) is 5.72. The lowest BCUT2D eigenvalue weighted by molar-refractivity contribution is 0.0758. The molecule has 0 heterocycles. The molecular weight excluding hydrogens is 224 g/mol. The van der Waals surface area contributed by atoms with E-state index in [1.54, 1.807) is 6.07 Å². The van der Waals surface area contributed by atoms with Crippen molar-refractivity contribution in [3.05, 3.63) is 29.8 Å². The van der Waals surface area contributed by atoms with E-state index in [9.17, 15) is 5.11 Å². The molecule has 1 aromatic carbocycles. The highest BCUT2D eigenvalue weighted by Crippen LogP contribution is 2.33. The van der Waals surface area contributed by atoms with E-state index in [4.69, 9.17) is 5.73 Å². The predicted octanol–water partition coefficient (Wildman–Crippen LogP) is 2.49. The van der Waals surface area contributed by atoms with E-state index in [1.807, 2.05) is 12.1 Å². The molecule has 0 aromatic heterocycles. The third kappa shape index (κ3) is 2.85. The van der Waals surface area contributed by atoms with Crippen molar-refractivity contribution in [1.29, 1.82) is 0 Å². The van der Waals surface area contributed by atoms with Gasteiger partial charge in [-0.3, -0.25) is 4.90 Å². The van der Waals surface area contributed by atoms with Gasteiger partial charge in [-0.1, -0.05) is 31.4 Å². The van der Waals surface area contributed by atoms with Crippen molar-refractivity contribution in [3.8, 4) is 5.75 Å². The van der Waals surface area contributed by atoms with Gasteiger partial charge >= 0.3 is 0 Å². The van der Waals surface area contributed by atoms with Crippen molar-refractivity contribution < 1.29 is 5.11 Å². The standard InChI is InChI=1S/C15H24N2O/c1-17(11-13-6-5-7-14(18)10-13)15(12-16)8-3-2-4-9-15/h5-7,10,18H,2-4,8-9,11-12,16H2,1H3. The van der Waals surface area contributed by atoms with Gasteiger partial charge in [0.05, 0.1) is 0 Å². The Morgan fingerprint density at radius 3 is 2.61 bits per heavy atom. The molecule has 18 heavy (non-hydrogen) atoms. The molecule has 0 unspecified atom stereocenters. The highest BCUT2D eigenvalue weighted by atomic mass is 16.3. The number of rotatable bonds is 4. The maximum Gasteiger partial charge on any atom is 0.115 e. The van der Waals surface area contributed by atoms with Crippen LogP contribution in [0.2, 0.25) is 0 Å². The van der Waals surface area contributed by atoms with Crippen LogP contribution < -0.4 is 5.73 Å². The lowest BCUT2D eigenvalue weighted by Gasteiger charge is -2.44. The lowest BCUT2D eigenvalue weighted by atomic mass is 9.80. The molecule has 0 radical (unpaired) electrons. The van der Waals surface area contributed by atoms with Crippen LogP contribution in [0, 0.1) is 0 Å². The monoisotopic (exact) mass is 248 g/mol. The Morgan fingerprint density at radius 2 is 2.00 bits per heavy atom. The number of phenolic OH excluding ortho intramolecular Hbond substituents is 1. The summed E-state index contributed by atoms with van der Waals surface area (Å²) in [6, 6.07) is 7.50. The van der Waals surface area contributed by atoms with Crippen LogP contribution >= 0.6 is 0 Å². The summed E-state index contributed by atoms with van der Waals surface area (Å²) in [4.78, 5) is 2.38. The van der Waals surface area contributed by atoms with Crippen LogP contribution in [0.4, 0.5) is 0 Å². The van der Waals surface area contributed by atoms with Gasteiger partial charge in [0.1, 0.15) is 5.75 Å². The van der Waals surface area contributed by atoms with Crippen molar-refractivity contribution in [2.75, 3.05) is 13.6 Å². The topological polar surface area (TPSA) is 49.5 Å². The zero-order valence-electron chi connectivity index (χ0n) is 11.2. The normalized spacial score (nSPS) is 19.1. The molecule has 2 rings (SSSR count). The summed E-state index contributed by atoms with van der Waals surface area (Å²) in [5.41, 5.74) is 7.34. The quantitative estimate of drug-likeness (QED) is 0.860. The summed E-state index contributed by atoms with van der Waals surface area (Å²) in [6.45, 7) is 1.58. The predicted molar refractivity (Wildman–Crippen MR) is 74.4 cm³/mol. The summed E-state index contributed by atoms with van der Waals surface area (Å²) in [5, 5.41) is 9.51. The summed E-state index contributed by atoms with van der Waals surface area (Å²) >= 11 is 0. The molecule has 1 aromatic rings. The van der Waals surface area contributed by atoms with Gasteiger partial charge in [-0.2, -0.15) is 0 Å². The van der Waals surface area contributed by atoms with Gasteiger partial charge in [-0.05, 0) is 37.6 Å². The largest absolute Gasteiger partial charge is 0.508 e. The number of nitrogens with zero attached hydrogens (tertiary/aromatic N) is 1. The van der Waals surface area contributed by atoms with E-state index >= 15 is 0 Å². The van der Waals surface area contributed by atoms with Crippen molar-refractivity contribution in [3.63, 3.8) is 0 Å². The molecule has 1 aliphatic rings. The number of hydrogen-bond acceptors (Lipinski definition) is 3. The van der Waals surface area contributed by atoms with Gasteiger partial charge in [0, 0.05) is 18.6 Å². The van der Waals surface area contributed by atoms with Crippen molar-refractivity contribution >= 4 is 0 Å². The second-order valence-electron chi connectivity index (χ2n) is 5.52. The fourth-order valence-corrected chi connectivity index (χ4v) is 3.05. The number of likely N-dealkylation sites (N-methyl/N-ethyl adjacent to an activating group) is 1. The Labute approximate surface area is 110 Å². The Hall–Kier alpha value is -1.06. The Kier molecular flexibility index (Phi) is 4.25. The molecule has 0 amide bonds. The number of aromatic hydroxyl groups is 1. The summed E-state index contributed by atoms with van der Waals surface area (Å²) < 4.78 is 0. The van der Waals surface area contributed by atoms with Gasteiger partial charge in [-0.25, -0.2) is 0 Å². The van der Waals surface area contributed by atoms with Crippen LogP contribution in [-0.4, -0.2) is 29.1 Å². The SMILES string of the molecule is CN(Cc1cccc(O)c1)C1(CN)CCCCC1. The molecule has 1 fully saturated rings. The smallest absolute Gasteiger partial charge is 0.115 e. The molecule has 0 atom stereocenters. The zero-order valence-corrected chi connectivity index (χ0v) is 11.2. The Bertz CT molecular complexity index is 386. The Balaban J connectivity index is 2.07. The summed E-state index contributed by atoms with van der Waals surface area (Å²) in [6.07, 6.45) is 6.28. The number of nitrogens with two attached hydrogens (primary N) is 1. The highest BCUT2D eigenvalue weighted by Gasteiger charge is 2.34. The molecule has 3 nitrogen and oxygen atoms in total. The molecule has 3 N–H and O–H groups in total. The summed E-state index contributed by atoms with van der Waals surface area (Å²) in [7, 11) is 2.15. The molecule has 0 aliphatic heterocycles. The van der Waals surface area contributed by atoms with Gasteiger partial charge in [-0.15, -0.1) is 0 Å². The molecule has 0 saturated heterocycles.